The summed E-state index contributed by atoms with van der Waals surface area (Å²) in [7, 11) is 0. The monoisotopic (exact) mass is 367 g/mol. The fourth-order valence-electron chi connectivity index (χ4n) is 2.10. The summed E-state index contributed by atoms with van der Waals surface area (Å²) in [5.41, 5.74) is -0.800. The molecule has 2 rings (SSSR count). The van der Waals surface area contributed by atoms with Crippen LogP contribution in [-0.4, -0.2) is 21.4 Å². The second-order valence-electron chi connectivity index (χ2n) is 6.68. The van der Waals surface area contributed by atoms with Crippen molar-refractivity contribution in [1.29, 1.82) is 0 Å². The summed E-state index contributed by atoms with van der Waals surface area (Å²) in [6.07, 6.45) is -3.91. The zero-order valence-corrected chi connectivity index (χ0v) is 14.8. The molecule has 0 aliphatic rings. The summed E-state index contributed by atoms with van der Waals surface area (Å²) in [6, 6.07) is 6.42. The van der Waals surface area contributed by atoms with Crippen LogP contribution in [0.2, 0.25) is 0 Å². The van der Waals surface area contributed by atoms with Crippen LogP contribution in [0.15, 0.2) is 30.5 Å². The molecule has 0 atom stereocenters. The van der Waals surface area contributed by atoms with Crippen LogP contribution < -0.4 is 16.0 Å². The van der Waals surface area contributed by atoms with Gasteiger partial charge >= 0.3 is 6.18 Å². The van der Waals surface area contributed by atoms with E-state index in [0.29, 0.717) is 5.69 Å². The van der Waals surface area contributed by atoms with Gasteiger partial charge in [-0.25, -0.2) is 4.98 Å². The number of alkyl halides is 3. The Morgan fingerprint density at radius 1 is 1.08 bits per heavy atom. The molecule has 1 aromatic carbocycles. The van der Waals surface area contributed by atoms with Gasteiger partial charge in [0.05, 0.1) is 11.4 Å². The largest absolute Gasteiger partial charge is 0.421 e. The number of aromatic nitrogens is 2. The third-order valence-electron chi connectivity index (χ3n) is 3.07. The fourth-order valence-corrected chi connectivity index (χ4v) is 2.10. The van der Waals surface area contributed by atoms with E-state index in [0.717, 1.165) is 6.20 Å². The van der Waals surface area contributed by atoms with Crippen LogP contribution >= 0.6 is 0 Å². The van der Waals surface area contributed by atoms with Crippen molar-refractivity contribution in [3.8, 4) is 0 Å². The molecule has 1 amide bonds. The number of halogens is 3. The Morgan fingerprint density at radius 2 is 1.69 bits per heavy atom. The Bertz CT molecular complexity index is 800. The maximum absolute atomic E-state index is 13.3. The molecule has 0 radical (unpaired) electrons. The number of para-hydroxylation sites is 2. The maximum Gasteiger partial charge on any atom is 0.421 e. The molecule has 1 aromatic heterocycles. The third-order valence-corrected chi connectivity index (χ3v) is 3.07. The summed E-state index contributed by atoms with van der Waals surface area (Å²) in [5.74, 6) is -0.685. The maximum atomic E-state index is 13.3. The molecule has 0 spiro atoms. The van der Waals surface area contributed by atoms with E-state index in [4.69, 9.17) is 0 Å². The molecule has 0 unspecified atom stereocenters. The van der Waals surface area contributed by atoms with E-state index in [1.807, 2.05) is 20.8 Å². The van der Waals surface area contributed by atoms with Gasteiger partial charge in [-0.3, -0.25) is 4.79 Å². The zero-order valence-electron chi connectivity index (χ0n) is 14.8. The minimum absolute atomic E-state index is 0.0602. The molecular weight excluding hydrogens is 347 g/mol. The van der Waals surface area contributed by atoms with E-state index in [2.05, 4.69) is 25.9 Å². The molecular formula is C17H20F3N5O. The van der Waals surface area contributed by atoms with Crippen molar-refractivity contribution in [3.63, 3.8) is 0 Å². The van der Waals surface area contributed by atoms with E-state index < -0.39 is 23.1 Å². The van der Waals surface area contributed by atoms with Crippen LogP contribution in [0.3, 0.4) is 0 Å². The number of hydrogen-bond donors (Lipinski definition) is 3. The molecule has 0 aliphatic carbocycles. The van der Waals surface area contributed by atoms with E-state index in [1.165, 1.54) is 6.92 Å². The third kappa shape index (κ3) is 5.33. The lowest BCUT2D eigenvalue weighted by atomic mass is 10.1. The summed E-state index contributed by atoms with van der Waals surface area (Å²) in [6.45, 7) is 6.83. The van der Waals surface area contributed by atoms with Gasteiger partial charge in [0.15, 0.2) is 0 Å². The lowest BCUT2D eigenvalue weighted by molar-refractivity contribution is -0.137. The number of benzene rings is 1. The lowest BCUT2D eigenvalue weighted by Gasteiger charge is -2.22. The van der Waals surface area contributed by atoms with Crippen LogP contribution in [0.1, 0.15) is 33.3 Å². The Hall–Kier alpha value is -2.84. The molecule has 0 aliphatic heterocycles. The number of carbonyl (C=O) groups excluding carboxylic acids is 1. The number of hydrogen-bond acceptors (Lipinski definition) is 5. The van der Waals surface area contributed by atoms with E-state index >= 15 is 0 Å². The molecule has 9 heteroatoms. The Balaban J connectivity index is 2.46. The first-order chi connectivity index (χ1) is 12.0. The molecule has 2 aromatic rings. The number of rotatable bonds is 4. The second-order valence-corrected chi connectivity index (χ2v) is 6.68. The summed E-state index contributed by atoms with van der Waals surface area (Å²) in [4.78, 5) is 19.0. The van der Waals surface area contributed by atoms with Gasteiger partial charge in [0, 0.05) is 18.7 Å². The predicted molar refractivity (Wildman–Crippen MR) is 94.4 cm³/mol. The molecule has 0 saturated heterocycles. The molecule has 3 N–H and O–H groups in total. The highest BCUT2D eigenvalue weighted by Crippen LogP contribution is 2.36. The van der Waals surface area contributed by atoms with Crippen LogP contribution in [0.25, 0.3) is 0 Å². The van der Waals surface area contributed by atoms with Crippen molar-refractivity contribution >= 4 is 29.0 Å². The normalized spacial score (nSPS) is 11.8. The number of anilines is 4. The van der Waals surface area contributed by atoms with Gasteiger partial charge in [-0.2, -0.15) is 18.2 Å². The van der Waals surface area contributed by atoms with Gasteiger partial charge < -0.3 is 16.0 Å². The molecule has 0 fully saturated rings. The highest BCUT2D eigenvalue weighted by Gasteiger charge is 2.35. The first-order valence-electron chi connectivity index (χ1n) is 7.82. The van der Waals surface area contributed by atoms with Crippen LogP contribution in [0.4, 0.5) is 36.3 Å². The minimum atomic E-state index is -4.63. The summed E-state index contributed by atoms with van der Waals surface area (Å²) < 4.78 is 40.0. The fraction of sp³-hybridized carbons (Fsp3) is 0.353. The standard InChI is InChI=1S/C17H20F3N5O/c1-10(26)22-12-7-5-6-8-13(12)23-14-11(17(18,19)20)9-21-15(24-14)25-16(2,3)4/h5-9H,1-4H3,(H,22,26)(H2,21,23,24,25). The Labute approximate surface area is 149 Å². The number of nitrogens with zero attached hydrogens (tertiary/aromatic N) is 2. The van der Waals surface area contributed by atoms with Crippen molar-refractivity contribution in [2.45, 2.75) is 39.4 Å². The molecule has 0 bridgehead atoms. The highest BCUT2D eigenvalue weighted by molar-refractivity contribution is 5.93. The van der Waals surface area contributed by atoms with Crippen LogP contribution in [0.5, 0.6) is 0 Å². The van der Waals surface area contributed by atoms with Crippen LogP contribution in [-0.2, 0) is 11.0 Å². The first kappa shape index (κ1) is 19.5. The smallest absolute Gasteiger partial charge is 0.350 e. The van der Waals surface area contributed by atoms with Crippen LogP contribution in [0, 0.1) is 0 Å². The minimum Gasteiger partial charge on any atom is -0.350 e. The molecule has 140 valence electrons. The van der Waals surface area contributed by atoms with Gasteiger partial charge in [0.25, 0.3) is 0 Å². The molecule has 0 saturated carbocycles. The molecule has 26 heavy (non-hydrogen) atoms. The number of carbonyl (C=O) groups is 1. The number of amides is 1. The SMILES string of the molecule is CC(=O)Nc1ccccc1Nc1nc(NC(C)(C)C)ncc1C(F)(F)F. The van der Waals surface area contributed by atoms with Gasteiger partial charge in [0.1, 0.15) is 11.4 Å². The predicted octanol–water partition coefficient (Wildman–Crippen LogP) is 4.41. The van der Waals surface area contributed by atoms with Crippen molar-refractivity contribution in [3.05, 3.63) is 36.0 Å². The van der Waals surface area contributed by atoms with Crippen molar-refractivity contribution in [2.75, 3.05) is 16.0 Å². The van der Waals surface area contributed by atoms with Crippen molar-refractivity contribution in [2.24, 2.45) is 0 Å². The quantitative estimate of drug-likeness (QED) is 0.746. The van der Waals surface area contributed by atoms with Crippen molar-refractivity contribution in [1.82, 2.24) is 9.97 Å². The average molecular weight is 367 g/mol. The van der Waals surface area contributed by atoms with Gasteiger partial charge in [-0.1, -0.05) is 12.1 Å². The van der Waals surface area contributed by atoms with E-state index in [9.17, 15) is 18.0 Å². The molecule has 1 heterocycles. The lowest BCUT2D eigenvalue weighted by Crippen LogP contribution is -2.27. The number of nitrogens with one attached hydrogen (secondary N) is 3. The Kier molecular flexibility index (Phi) is 5.38. The topological polar surface area (TPSA) is 78.9 Å². The molecule has 6 nitrogen and oxygen atoms in total. The Morgan fingerprint density at radius 3 is 2.23 bits per heavy atom. The van der Waals surface area contributed by atoms with Gasteiger partial charge in [0.2, 0.25) is 11.9 Å². The first-order valence-corrected chi connectivity index (χ1v) is 7.82. The zero-order chi connectivity index (χ0) is 19.5. The van der Waals surface area contributed by atoms with E-state index in [1.54, 1.807) is 24.3 Å². The summed E-state index contributed by atoms with van der Waals surface area (Å²) >= 11 is 0. The van der Waals surface area contributed by atoms with Gasteiger partial charge in [-0.05, 0) is 32.9 Å². The highest BCUT2D eigenvalue weighted by atomic mass is 19.4. The van der Waals surface area contributed by atoms with Crippen molar-refractivity contribution < 1.29 is 18.0 Å². The van der Waals surface area contributed by atoms with E-state index in [-0.39, 0.29) is 17.5 Å². The average Bonchev–Trinajstić information content (AvgIpc) is 2.46. The second kappa shape index (κ2) is 7.19. The van der Waals surface area contributed by atoms with Gasteiger partial charge in [-0.15, -0.1) is 0 Å². The summed E-state index contributed by atoms with van der Waals surface area (Å²) in [5, 5.41) is 8.15.